The van der Waals surface area contributed by atoms with Crippen LogP contribution in [-0.2, 0) is 9.59 Å². The molecule has 28 heavy (non-hydrogen) atoms. The van der Waals surface area contributed by atoms with Crippen LogP contribution in [0.1, 0.15) is 0 Å². The van der Waals surface area contributed by atoms with Gasteiger partial charge < -0.3 is 10.2 Å². The lowest BCUT2D eigenvalue weighted by Gasteiger charge is -2.21. The number of pyridine rings is 1. The highest BCUT2D eigenvalue weighted by Gasteiger charge is 2.11. The van der Waals surface area contributed by atoms with Crippen molar-refractivity contribution in [2.45, 2.75) is 0 Å². The second-order valence-corrected chi connectivity index (χ2v) is 5.40. The second-order valence-electron chi connectivity index (χ2n) is 5.40. The zero-order chi connectivity index (χ0) is 20.7. The second kappa shape index (κ2) is 8.94. The van der Waals surface area contributed by atoms with Crippen molar-refractivity contribution in [2.24, 2.45) is 0 Å². The van der Waals surface area contributed by atoms with Gasteiger partial charge in [-0.1, -0.05) is 0 Å². The van der Waals surface area contributed by atoms with Gasteiger partial charge >= 0.3 is 11.9 Å². The number of rotatable bonds is 5. The van der Waals surface area contributed by atoms with Gasteiger partial charge in [-0.15, -0.1) is 0 Å². The number of aliphatic carboxylic acids is 2. The van der Waals surface area contributed by atoms with E-state index in [2.05, 4.69) is 4.98 Å². The van der Waals surface area contributed by atoms with E-state index < -0.39 is 11.9 Å². The van der Waals surface area contributed by atoms with Gasteiger partial charge in [0.25, 0.3) is 5.69 Å². The molecule has 1 aromatic carbocycles. The maximum Gasteiger partial charge on any atom is 0.328 e. The van der Waals surface area contributed by atoms with Gasteiger partial charge in [0.15, 0.2) is 0 Å². The fourth-order valence-electron chi connectivity index (χ4n) is 2.32. The molecule has 3 rings (SSSR count). The monoisotopic (exact) mass is 384 g/mol. The van der Waals surface area contributed by atoms with Crippen LogP contribution in [0.3, 0.4) is 0 Å². The number of nitro benzene ring substituents is 1. The van der Waals surface area contributed by atoms with Crippen LogP contribution in [0.4, 0.5) is 11.4 Å². The van der Waals surface area contributed by atoms with Crippen LogP contribution in [0.5, 0.6) is 0 Å². The van der Waals surface area contributed by atoms with E-state index in [1.54, 1.807) is 24.5 Å². The predicted molar refractivity (Wildman–Crippen MR) is 101 cm³/mol. The molecule has 0 spiro atoms. The average Bonchev–Trinajstić information content (AvgIpc) is 3.10. The summed E-state index contributed by atoms with van der Waals surface area (Å²) in [6.45, 7) is 0. The Morgan fingerprint density at radius 3 is 2.25 bits per heavy atom. The zero-order valence-electron chi connectivity index (χ0n) is 14.7. The number of non-ortho nitro benzene ring substituents is 1. The number of aromatic nitrogens is 2. The van der Waals surface area contributed by atoms with E-state index in [1.165, 1.54) is 6.07 Å². The van der Waals surface area contributed by atoms with Crippen LogP contribution in [0, 0.1) is 10.1 Å². The molecule has 0 aliphatic carbocycles. The summed E-state index contributed by atoms with van der Waals surface area (Å²) >= 11 is 0. The number of carboxylic acids is 2. The number of carbonyl (C=O) groups is 2. The van der Waals surface area contributed by atoms with Crippen LogP contribution in [-0.4, -0.2) is 43.8 Å². The van der Waals surface area contributed by atoms with E-state index in [0.717, 1.165) is 16.6 Å². The first kappa shape index (κ1) is 20.1. The molecule has 0 fully saturated rings. The van der Waals surface area contributed by atoms with Crippen LogP contribution >= 0.6 is 0 Å². The first-order valence-electron chi connectivity index (χ1n) is 7.83. The Morgan fingerprint density at radius 1 is 1.11 bits per heavy atom. The Bertz CT molecular complexity index is 1010. The number of nitro groups is 1. The summed E-state index contributed by atoms with van der Waals surface area (Å²) in [5.74, 6) is -2.51. The van der Waals surface area contributed by atoms with E-state index in [4.69, 9.17) is 10.2 Å². The maximum atomic E-state index is 10.8. The summed E-state index contributed by atoms with van der Waals surface area (Å²) in [6, 6.07) is 10.5. The molecule has 0 aliphatic rings. The van der Waals surface area contributed by atoms with Gasteiger partial charge in [0, 0.05) is 55.3 Å². The third kappa shape index (κ3) is 5.14. The lowest BCUT2D eigenvalue weighted by molar-refractivity contribution is -0.384. The molecule has 0 unspecified atom stereocenters. The first-order chi connectivity index (χ1) is 13.3. The molecule has 2 aromatic heterocycles. The molecule has 2 heterocycles. The van der Waals surface area contributed by atoms with Crippen molar-refractivity contribution in [3.05, 3.63) is 77.3 Å². The maximum absolute atomic E-state index is 10.8. The largest absolute Gasteiger partial charge is 0.478 e. The normalized spacial score (nSPS) is 10.3. The minimum Gasteiger partial charge on any atom is -0.478 e. The van der Waals surface area contributed by atoms with Crippen molar-refractivity contribution in [3.63, 3.8) is 0 Å². The number of benzene rings is 1. The summed E-state index contributed by atoms with van der Waals surface area (Å²) in [5, 5.41) is 29.2. The van der Waals surface area contributed by atoms with Gasteiger partial charge in [-0.05, 0) is 24.3 Å². The van der Waals surface area contributed by atoms with Gasteiger partial charge in [0.05, 0.1) is 16.1 Å². The number of anilines is 1. The van der Waals surface area contributed by atoms with Crippen molar-refractivity contribution < 1.29 is 24.7 Å². The third-order valence-corrected chi connectivity index (χ3v) is 3.59. The molecule has 10 heteroatoms. The Labute approximate surface area is 158 Å². The Hall–Kier alpha value is -4.21. The van der Waals surface area contributed by atoms with Gasteiger partial charge in [0.1, 0.15) is 0 Å². The fraction of sp³-hybridized carbons (Fsp3) is 0.0556. The Kier molecular flexibility index (Phi) is 6.42. The van der Waals surface area contributed by atoms with Gasteiger partial charge in [0.2, 0.25) is 0 Å². The molecular weight excluding hydrogens is 368 g/mol. The van der Waals surface area contributed by atoms with E-state index >= 15 is 0 Å². The molecule has 0 aliphatic heterocycles. The quantitative estimate of drug-likeness (QED) is 0.389. The smallest absolute Gasteiger partial charge is 0.328 e. The molecule has 10 nitrogen and oxygen atoms in total. The number of hydrogen-bond donors (Lipinski definition) is 2. The molecule has 0 radical (unpaired) electrons. The van der Waals surface area contributed by atoms with Crippen molar-refractivity contribution >= 4 is 34.2 Å². The van der Waals surface area contributed by atoms with Crippen molar-refractivity contribution in [2.75, 3.05) is 12.1 Å². The molecule has 3 aromatic rings. The highest BCUT2D eigenvalue weighted by Crippen LogP contribution is 2.24. The third-order valence-electron chi connectivity index (χ3n) is 3.59. The standard InChI is InChI=1S/C14H12N4O2.C4H4O4/c1-16(12-4-7-15-8-5-12)17-9-6-11-10-13(18(19)20)2-3-14(11)17;5-3(6)1-2-4(7)8/h2-10H,1H3;1-2H,(H,5,6)(H,7,8). The van der Waals surface area contributed by atoms with Crippen LogP contribution in [0.15, 0.2) is 67.1 Å². The van der Waals surface area contributed by atoms with Crippen molar-refractivity contribution in [1.29, 1.82) is 0 Å². The fourth-order valence-corrected chi connectivity index (χ4v) is 2.32. The highest BCUT2D eigenvalue weighted by molar-refractivity contribution is 5.89. The summed E-state index contributed by atoms with van der Waals surface area (Å²) in [6.07, 6.45) is 6.45. The first-order valence-corrected chi connectivity index (χ1v) is 7.83. The lowest BCUT2D eigenvalue weighted by atomic mass is 10.2. The van der Waals surface area contributed by atoms with E-state index in [1.807, 2.05) is 41.1 Å². The zero-order valence-corrected chi connectivity index (χ0v) is 14.7. The highest BCUT2D eigenvalue weighted by atomic mass is 16.6. The van der Waals surface area contributed by atoms with Crippen LogP contribution < -0.4 is 5.01 Å². The number of carboxylic acid groups (broad SMARTS) is 2. The number of nitrogens with zero attached hydrogens (tertiary/aromatic N) is 4. The van der Waals surface area contributed by atoms with E-state index in [-0.39, 0.29) is 10.6 Å². The molecule has 144 valence electrons. The van der Waals surface area contributed by atoms with Crippen LogP contribution in [0.2, 0.25) is 0 Å². The van der Waals surface area contributed by atoms with Crippen molar-refractivity contribution in [1.82, 2.24) is 9.66 Å². The van der Waals surface area contributed by atoms with Gasteiger partial charge in [-0.2, -0.15) is 0 Å². The summed E-state index contributed by atoms with van der Waals surface area (Å²) in [4.78, 5) is 33.5. The van der Waals surface area contributed by atoms with Gasteiger partial charge in [-0.3, -0.25) is 24.8 Å². The Morgan fingerprint density at radius 2 is 1.71 bits per heavy atom. The average molecular weight is 384 g/mol. The summed E-state index contributed by atoms with van der Waals surface area (Å²) in [7, 11) is 1.93. The SMILES string of the molecule is CN(c1ccncc1)n1ccc2cc([N+](=O)[O-])ccc21.O=C(O)C=CC(=O)O. The van der Waals surface area contributed by atoms with Crippen LogP contribution in [0.25, 0.3) is 10.9 Å². The molecular formula is C18H16N4O6. The molecule has 0 bridgehead atoms. The topological polar surface area (TPSA) is 139 Å². The predicted octanol–water partition coefficient (Wildman–Crippen LogP) is 2.56. The molecule has 0 atom stereocenters. The molecule has 0 amide bonds. The molecule has 2 N–H and O–H groups in total. The minimum absolute atomic E-state index is 0.0989. The van der Waals surface area contributed by atoms with Gasteiger partial charge in [-0.25, -0.2) is 9.59 Å². The minimum atomic E-state index is -1.26. The summed E-state index contributed by atoms with van der Waals surface area (Å²) < 4.78 is 1.94. The number of hydrogen-bond acceptors (Lipinski definition) is 6. The van der Waals surface area contributed by atoms with E-state index in [9.17, 15) is 19.7 Å². The molecule has 0 saturated carbocycles. The lowest BCUT2D eigenvalue weighted by Crippen LogP contribution is -2.23. The molecule has 0 saturated heterocycles. The number of fused-ring (bicyclic) bond motifs is 1. The Balaban J connectivity index is 0.000000300. The van der Waals surface area contributed by atoms with Crippen molar-refractivity contribution in [3.8, 4) is 0 Å². The summed E-state index contributed by atoms with van der Waals surface area (Å²) in [5.41, 5.74) is 1.99. The van der Waals surface area contributed by atoms with E-state index in [0.29, 0.717) is 12.2 Å².